The minimum atomic E-state index is 0.368. The van der Waals surface area contributed by atoms with Crippen molar-refractivity contribution in [2.24, 2.45) is 5.16 Å². The summed E-state index contributed by atoms with van der Waals surface area (Å²) >= 11 is 0. The van der Waals surface area contributed by atoms with E-state index in [1.54, 1.807) is 7.11 Å². The Bertz CT molecular complexity index is 146. The predicted molar refractivity (Wildman–Crippen MR) is 55.1 cm³/mol. The summed E-state index contributed by atoms with van der Waals surface area (Å²) in [5.41, 5.74) is 0.886. The van der Waals surface area contributed by atoms with E-state index in [1.807, 2.05) is 6.92 Å². The molecule has 0 rings (SSSR count). The van der Waals surface area contributed by atoms with Crippen LogP contribution in [0.3, 0.4) is 0 Å². The van der Waals surface area contributed by atoms with Crippen LogP contribution in [0, 0.1) is 0 Å². The molecule has 0 aromatic carbocycles. The number of nitrogens with zero attached hydrogens (tertiary/aromatic N) is 1. The molecule has 0 aromatic rings. The van der Waals surface area contributed by atoms with Gasteiger partial charge in [0.1, 0.15) is 7.11 Å². The topological polar surface area (TPSA) is 30.8 Å². The van der Waals surface area contributed by atoms with E-state index < -0.39 is 0 Å². The van der Waals surface area contributed by atoms with Gasteiger partial charge in [0.15, 0.2) is 0 Å². The molecule has 1 unspecified atom stereocenters. The molecule has 0 saturated heterocycles. The molecule has 0 bridgehead atoms. The average Bonchev–Trinajstić information content (AvgIpc) is 2.12. The van der Waals surface area contributed by atoms with Crippen molar-refractivity contribution in [1.82, 2.24) is 0 Å². The first-order valence-corrected chi connectivity index (χ1v) is 4.92. The van der Waals surface area contributed by atoms with Crippen molar-refractivity contribution < 1.29 is 9.57 Å². The molecule has 0 aromatic heterocycles. The van der Waals surface area contributed by atoms with Crippen LogP contribution < -0.4 is 0 Å². The maximum atomic E-state index is 5.64. The summed E-state index contributed by atoms with van der Waals surface area (Å²) in [4.78, 5) is 4.64. The van der Waals surface area contributed by atoms with Gasteiger partial charge in [0, 0.05) is 0 Å². The van der Waals surface area contributed by atoms with Crippen molar-refractivity contribution in [3.05, 3.63) is 0 Å². The van der Waals surface area contributed by atoms with Gasteiger partial charge in [-0.05, 0) is 19.8 Å². The van der Waals surface area contributed by atoms with Gasteiger partial charge < -0.3 is 9.57 Å². The van der Waals surface area contributed by atoms with Crippen molar-refractivity contribution in [3.8, 4) is 0 Å². The summed E-state index contributed by atoms with van der Waals surface area (Å²) in [7, 11) is 1.55. The molecule has 0 spiro atoms. The molecule has 3 heteroatoms. The molecule has 3 nitrogen and oxygen atoms in total. The molecule has 0 aliphatic rings. The Hall–Kier alpha value is -0.570. The van der Waals surface area contributed by atoms with E-state index in [4.69, 9.17) is 4.74 Å². The smallest absolute Gasteiger partial charge is 0.106 e. The van der Waals surface area contributed by atoms with E-state index in [9.17, 15) is 0 Å². The van der Waals surface area contributed by atoms with Crippen molar-refractivity contribution in [2.45, 2.75) is 46.1 Å². The first-order chi connectivity index (χ1) is 6.24. The fourth-order valence-corrected chi connectivity index (χ4v) is 1.15. The Kier molecular flexibility index (Phi) is 7.69. The number of hydrogen-bond acceptors (Lipinski definition) is 3. The summed E-state index contributed by atoms with van der Waals surface area (Å²) < 4.78 is 5.64. The van der Waals surface area contributed by atoms with Crippen LogP contribution in [-0.2, 0) is 9.57 Å². The van der Waals surface area contributed by atoms with Crippen LogP contribution in [0.15, 0.2) is 5.16 Å². The fraction of sp³-hybridized carbons (Fsp3) is 0.900. The average molecular weight is 187 g/mol. The van der Waals surface area contributed by atoms with Gasteiger partial charge in [-0.1, -0.05) is 25.4 Å². The van der Waals surface area contributed by atoms with E-state index in [1.165, 1.54) is 6.42 Å². The predicted octanol–water partition coefficient (Wildman–Crippen LogP) is 2.60. The summed E-state index contributed by atoms with van der Waals surface area (Å²) in [5.74, 6) is 0. The lowest BCUT2D eigenvalue weighted by atomic mass is 10.1. The third-order valence-electron chi connectivity index (χ3n) is 1.84. The zero-order chi connectivity index (χ0) is 10.1. The highest BCUT2D eigenvalue weighted by molar-refractivity contribution is 5.82. The van der Waals surface area contributed by atoms with Crippen LogP contribution in [0.25, 0.3) is 0 Å². The first kappa shape index (κ1) is 12.4. The van der Waals surface area contributed by atoms with E-state index >= 15 is 0 Å². The molecule has 78 valence electrons. The van der Waals surface area contributed by atoms with Crippen LogP contribution >= 0.6 is 0 Å². The number of oxime groups is 1. The van der Waals surface area contributed by atoms with Crippen molar-refractivity contribution in [1.29, 1.82) is 0 Å². The molecular formula is C10H21NO2. The molecule has 0 aliphatic heterocycles. The second-order valence-electron chi connectivity index (χ2n) is 3.14. The maximum absolute atomic E-state index is 5.64. The van der Waals surface area contributed by atoms with Gasteiger partial charge >= 0.3 is 0 Å². The quantitative estimate of drug-likeness (QED) is 0.453. The molecule has 0 saturated carbocycles. The molecule has 0 heterocycles. The first-order valence-electron chi connectivity index (χ1n) is 4.92. The third-order valence-corrected chi connectivity index (χ3v) is 1.84. The number of rotatable bonds is 7. The SMILES string of the molecule is CCCC(CC)OC/C(C)=N\OC. The Morgan fingerprint density at radius 3 is 2.54 bits per heavy atom. The van der Waals surface area contributed by atoms with Gasteiger partial charge in [0.05, 0.1) is 18.4 Å². The summed E-state index contributed by atoms with van der Waals surface area (Å²) in [5, 5.41) is 3.78. The zero-order valence-corrected chi connectivity index (χ0v) is 9.17. The lowest BCUT2D eigenvalue weighted by Gasteiger charge is -2.14. The van der Waals surface area contributed by atoms with Crippen LogP contribution in [0.4, 0.5) is 0 Å². The summed E-state index contributed by atoms with van der Waals surface area (Å²) in [6.45, 7) is 6.79. The molecule has 0 radical (unpaired) electrons. The zero-order valence-electron chi connectivity index (χ0n) is 9.17. The Morgan fingerprint density at radius 2 is 2.08 bits per heavy atom. The van der Waals surface area contributed by atoms with Gasteiger partial charge in [-0.15, -0.1) is 0 Å². The van der Waals surface area contributed by atoms with Gasteiger partial charge in [0.2, 0.25) is 0 Å². The van der Waals surface area contributed by atoms with E-state index in [0.717, 1.165) is 18.6 Å². The highest BCUT2D eigenvalue weighted by atomic mass is 16.6. The van der Waals surface area contributed by atoms with Crippen LogP contribution in [0.2, 0.25) is 0 Å². The molecular weight excluding hydrogens is 166 g/mol. The van der Waals surface area contributed by atoms with Gasteiger partial charge in [-0.3, -0.25) is 0 Å². The van der Waals surface area contributed by atoms with Crippen LogP contribution in [-0.4, -0.2) is 25.5 Å². The molecule has 0 amide bonds. The van der Waals surface area contributed by atoms with E-state index in [2.05, 4.69) is 23.8 Å². The molecule has 1 atom stereocenters. The normalized spacial score (nSPS) is 14.3. The van der Waals surface area contributed by atoms with Crippen LogP contribution in [0.5, 0.6) is 0 Å². The van der Waals surface area contributed by atoms with Gasteiger partial charge in [-0.2, -0.15) is 0 Å². The van der Waals surface area contributed by atoms with Gasteiger partial charge in [0.25, 0.3) is 0 Å². The Morgan fingerprint density at radius 1 is 1.38 bits per heavy atom. The number of hydrogen-bond donors (Lipinski definition) is 0. The van der Waals surface area contributed by atoms with Crippen LogP contribution in [0.1, 0.15) is 40.0 Å². The monoisotopic (exact) mass is 187 g/mol. The molecule has 0 aliphatic carbocycles. The fourth-order valence-electron chi connectivity index (χ4n) is 1.15. The lowest BCUT2D eigenvalue weighted by molar-refractivity contribution is 0.0692. The largest absolute Gasteiger partial charge is 0.399 e. The molecule has 13 heavy (non-hydrogen) atoms. The lowest BCUT2D eigenvalue weighted by Crippen LogP contribution is -2.16. The van der Waals surface area contributed by atoms with Crippen molar-refractivity contribution in [2.75, 3.05) is 13.7 Å². The molecule has 0 fully saturated rings. The standard InChI is InChI=1S/C10H21NO2/c1-5-7-10(6-2)13-8-9(3)11-12-4/h10H,5-8H2,1-4H3/b11-9-. The third kappa shape index (κ3) is 6.58. The second-order valence-corrected chi connectivity index (χ2v) is 3.14. The Labute approximate surface area is 81.1 Å². The minimum Gasteiger partial charge on any atom is -0.399 e. The van der Waals surface area contributed by atoms with E-state index in [-0.39, 0.29) is 0 Å². The van der Waals surface area contributed by atoms with Crippen molar-refractivity contribution in [3.63, 3.8) is 0 Å². The Balaban J connectivity index is 3.64. The number of ether oxygens (including phenoxy) is 1. The van der Waals surface area contributed by atoms with E-state index in [0.29, 0.717) is 12.7 Å². The molecule has 0 N–H and O–H groups in total. The summed E-state index contributed by atoms with van der Waals surface area (Å²) in [6.07, 6.45) is 3.72. The minimum absolute atomic E-state index is 0.368. The highest BCUT2D eigenvalue weighted by Crippen LogP contribution is 2.05. The van der Waals surface area contributed by atoms with Gasteiger partial charge in [-0.25, -0.2) is 0 Å². The maximum Gasteiger partial charge on any atom is 0.106 e. The van der Waals surface area contributed by atoms with Crippen molar-refractivity contribution >= 4 is 5.71 Å². The summed E-state index contributed by atoms with van der Waals surface area (Å²) in [6, 6.07) is 0. The highest BCUT2D eigenvalue weighted by Gasteiger charge is 2.05. The second kappa shape index (κ2) is 8.05.